The van der Waals surface area contributed by atoms with E-state index in [2.05, 4.69) is 10.3 Å². The molecule has 128 valence electrons. The number of nitrogens with one attached hydrogen (secondary N) is 1. The van der Waals surface area contributed by atoms with Crippen molar-refractivity contribution in [1.82, 2.24) is 14.7 Å². The maximum atomic E-state index is 13.7. The zero-order chi connectivity index (χ0) is 17.6. The van der Waals surface area contributed by atoms with Crippen LogP contribution in [0.25, 0.3) is 15.3 Å². The van der Waals surface area contributed by atoms with Crippen LogP contribution in [0.4, 0.5) is 8.78 Å². The van der Waals surface area contributed by atoms with E-state index in [1.807, 2.05) is 16.0 Å². The van der Waals surface area contributed by atoms with E-state index >= 15 is 0 Å². The molecule has 0 aliphatic carbocycles. The van der Waals surface area contributed by atoms with Crippen LogP contribution in [0.15, 0.2) is 35.8 Å². The number of benzene rings is 1. The third-order valence-corrected chi connectivity index (χ3v) is 5.69. The summed E-state index contributed by atoms with van der Waals surface area (Å²) in [5, 5.41) is 4.73. The molecule has 1 aromatic carbocycles. The first-order chi connectivity index (χ1) is 12.0. The summed E-state index contributed by atoms with van der Waals surface area (Å²) in [5.41, 5.74) is 0.872. The molecular weight excluding hydrogens is 364 g/mol. The van der Waals surface area contributed by atoms with Crippen molar-refractivity contribution >= 4 is 43.9 Å². The molecule has 4 nitrogen and oxygen atoms in total. The van der Waals surface area contributed by atoms with Crippen molar-refractivity contribution in [1.29, 1.82) is 0 Å². The fourth-order valence-electron chi connectivity index (χ4n) is 2.74. The number of carbonyl (C=O) groups is 1. The Kier molecular flexibility index (Phi) is 4.01. The van der Waals surface area contributed by atoms with Gasteiger partial charge in [0.15, 0.2) is 4.96 Å². The van der Waals surface area contributed by atoms with Gasteiger partial charge in [-0.3, -0.25) is 9.20 Å². The molecule has 0 fully saturated rings. The number of thiazole rings is 1. The molecule has 0 saturated heterocycles. The van der Waals surface area contributed by atoms with Crippen molar-refractivity contribution in [3.05, 3.63) is 57.9 Å². The number of hydrogen-bond donors (Lipinski definition) is 1. The second-order valence-corrected chi connectivity index (χ2v) is 7.65. The predicted octanol–water partition coefficient (Wildman–Crippen LogP) is 4.25. The van der Waals surface area contributed by atoms with E-state index < -0.39 is 17.7 Å². The van der Waals surface area contributed by atoms with Gasteiger partial charge in [-0.1, -0.05) is 6.07 Å². The summed E-state index contributed by atoms with van der Waals surface area (Å²) < 4.78 is 29.4. The Hall–Kier alpha value is -2.32. The second-order valence-electron chi connectivity index (χ2n) is 5.75. The minimum Gasteiger partial charge on any atom is -0.349 e. The number of aromatic nitrogens is 2. The van der Waals surface area contributed by atoms with E-state index in [-0.39, 0.29) is 17.9 Å². The van der Waals surface area contributed by atoms with Crippen LogP contribution in [-0.2, 0) is 6.42 Å². The summed E-state index contributed by atoms with van der Waals surface area (Å²) >= 11 is 2.84. The first-order valence-electron chi connectivity index (χ1n) is 7.62. The number of rotatable bonds is 4. The van der Waals surface area contributed by atoms with Gasteiger partial charge in [0, 0.05) is 23.2 Å². The third kappa shape index (κ3) is 2.91. The summed E-state index contributed by atoms with van der Waals surface area (Å²) in [7, 11) is 0. The molecule has 1 atom stereocenters. The zero-order valence-electron chi connectivity index (χ0n) is 13.1. The molecule has 25 heavy (non-hydrogen) atoms. The SMILES string of the molecule is CC(Cc1c(F)cccc1F)NC(=O)c1cc2c(nc3sccn32)s1. The lowest BCUT2D eigenvalue weighted by atomic mass is 10.1. The van der Waals surface area contributed by atoms with Crippen molar-refractivity contribution in [2.45, 2.75) is 19.4 Å². The van der Waals surface area contributed by atoms with Crippen LogP contribution in [0.3, 0.4) is 0 Å². The number of hydrogen-bond acceptors (Lipinski definition) is 4. The number of amides is 1. The van der Waals surface area contributed by atoms with Crippen molar-refractivity contribution in [3.8, 4) is 0 Å². The van der Waals surface area contributed by atoms with Crippen molar-refractivity contribution in [2.24, 2.45) is 0 Å². The molecule has 8 heteroatoms. The molecule has 0 aliphatic heterocycles. The van der Waals surface area contributed by atoms with E-state index in [0.29, 0.717) is 4.88 Å². The fourth-order valence-corrected chi connectivity index (χ4v) is 4.44. The number of thiophene rings is 1. The quantitative estimate of drug-likeness (QED) is 0.578. The van der Waals surface area contributed by atoms with E-state index in [0.717, 1.165) is 15.3 Å². The van der Waals surface area contributed by atoms with Crippen molar-refractivity contribution in [3.63, 3.8) is 0 Å². The molecule has 0 aliphatic rings. The van der Waals surface area contributed by atoms with Crippen LogP contribution < -0.4 is 5.32 Å². The topological polar surface area (TPSA) is 46.4 Å². The van der Waals surface area contributed by atoms with Gasteiger partial charge < -0.3 is 5.32 Å². The zero-order valence-corrected chi connectivity index (χ0v) is 14.8. The Morgan fingerprint density at radius 1 is 1.36 bits per heavy atom. The summed E-state index contributed by atoms with van der Waals surface area (Å²) in [6, 6.07) is 5.14. The van der Waals surface area contributed by atoms with Gasteiger partial charge in [0.2, 0.25) is 0 Å². The lowest BCUT2D eigenvalue weighted by Gasteiger charge is -2.14. The Balaban J connectivity index is 1.52. The third-order valence-electron chi connectivity index (χ3n) is 3.91. The van der Waals surface area contributed by atoms with E-state index in [1.165, 1.54) is 40.9 Å². The normalized spacial score (nSPS) is 12.8. The van der Waals surface area contributed by atoms with E-state index in [9.17, 15) is 13.6 Å². The molecule has 1 N–H and O–H groups in total. The monoisotopic (exact) mass is 377 g/mol. The molecule has 4 aromatic rings. The minimum atomic E-state index is -0.601. The first kappa shape index (κ1) is 16.2. The molecule has 4 rings (SSSR count). The first-order valence-corrected chi connectivity index (χ1v) is 9.31. The highest BCUT2D eigenvalue weighted by atomic mass is 32.1. The standard InChI is InChI=1S/C17H13F2N3OS2/c1-9(7-10-11(18)3-2-4-12(10)19)20-15(23)14-8-13-16(25-14)21-17-22(13)5-6-24-17/h2-6,8-9H,7H2,1H3,(H,20,23). The molecule has 1 unspecified atom stereocenters. The number of fused-ring (bicyclic) bond motifs is 3. The number of imidazole rings is 1. The number of carbonyl (C=O) groups excluding carboxylic acids is 1. The van der Waals surface area contributed by atoms with Crippen LogP contribution in [-0.4, -0.2) is 21.3 Å². The van der Waals surface area contributed by atoms with Gasteiger partial charge in [-0.15, -0.1) is 22.7 Å². The van der Waals surface area contributed by atoms with Gasteiger partial charge in [-0.25, -0.2) is 13.8 Å². The smallest absolute Gasteiger partial charge is 0.261 e. The molecule has 0 radical (unpaired) electrons. The summed E-state index contributed by atoms with van der Waals surface area (Å²) in [4.78, 5) is 19.1. The second kappa shape index (κ2) is 6.20. The van der Waals surface area contributed by atoms with Crippen LogP contribution in [0.2, 0.25) is 0 Å². The van der Waals surface area contributed by atoms with Crippen LogP contribution >= 0.6 is 22.7 Å². The largest absolute Gasteiger partial charge is 0.349 e. The van der Waals surface area contributed by atoms with Crippen molar-refractivity contribution in [2.75, 3.05) is 0 Å². The van der Waals surface area contributed by atoms with Crippen LogP contribution in [0.1, 0.15) is 22.2 Å². The Bertz CT molecular complexity index is 1060. The van der Waals surface area contributed by atoms with Gasteiger partial charge >= 0.3 is 0 Å². The van der Waals surface area contributed by atoms with E-state index in [4.69, 9.17) is 0 Å². The summed E-state index contributed by atoms with van der Waals surface area (Å²) in [6.07, 6.45) is 2.00. The van der Waals surface area contributed by atoms with E-state index in [1.54, 1.807) is 13.0 Å². The fraction of sp³-hybridized carbons (Fsp3) is 0.176. The number of nitrogens with zero attached hydrogens (tertiary/aromatic N) is 2. The lowest BCUT2D eigenvalue weighted by molar-refractivity contribution is 0.0944. The van der Waals surface area contributed by atoms with Crippen molar-refractivity contribution < 1.29 is 13.6 Å². The molecular formula is C17H13F2N3OS2. The number of halogens is 2. The maximum absolute atomic E-state index is 13.7. The van der Waals surface area contributed by atoms with Gasteiger partial charge in [-0.2, -0.15) is 0 Å². The molecule has 3 aromatic heterocycles. The molecule has 0 saturated carbocycles. The Labute approximate surface area is 149 Å². The maximum Gasteiger partial charge on any atom is 0.261 e. The lowest BCUT2D eigenvalue weighted by Crippen LogP contribution is -2.34. The molecule has 0 bridgehead atoms. The summed E-state index contributed by atoms with van der Waals surface area (Å²) in [6.45, 7) is 1.72. The molecule has 3 heterocycles. The Morgan fingerprint density at radius 3 is 2.88 bits per heavy atom. The average molecular weight is 377 g/mol. The van der Waals surface area contributed by atoms with Gasteiger partial charge in [0.25, 0.3) is 5.91 Å². The molecule has 0 spiro atoms. The van der Waals surface area contributed by atoms with Gasteiger partial charge in [0.1, 0.15) is 16.5 Å². The van der Waals surface area contributed by atoms with Crippen LogP contribution in [0, 0.1) is 11.6 Å². The van der Waals surface area contributed by atoms with Gasteiger partial charge in [-0.05, 0) is 31.5 Å². The molecule has 1 amide bonds. The minimum absolute atomic E-state index is 0.0163. The highest BCUT2D eigenvalue weighted by Crippen LogP contribution is 2.28. The van der Waals surface area contributed by atoms with Gasteiger partial charge in [0.05, 0.1) is 10.4 Å². The highest BCUT2D eigenvalue weighted by molar-refractivity contribution is 7.21. The van der Waals surface area contributed by atoms with Crippen LogP contribution in [0.5, 0.6) is 0 Å². The Morgan fingerprint density at radius 2 is 2.12 bits per heavy atom. The highest BCUT2D eigenvalue weighted by Gasteiger charge is 2.18. The average Bonchev–Trinajstić information content (AvgIpc) is 3.22. The summed E-state index contributed by atoms with van der Waals surface area (Å²) in [5.74, 6) is -1.47. The predicted molar refractivity (Wildman–Crippen MR) is 95.4 cm³/mol.